The lowest BCUT2D eigenvalue weighted by atomic mass is 10.1. The topological polar surface area (TPSA) is 170 Å². The first-order chi connectivity index (χ1) is 19.5. The number of nitrogens with one attached hydrogen (secondary N) is 2. The fraction of sp³-hybridized carbons (Fsp3) is 0.385. The van der Waals surface area contributed by atoms with E-state index in [0.29, 0.717) is 48.0 Å². The monoisotopic (exact) mass is 608 g/mol. The van der Waals surface area contributed by atoms with Crippen molar-refractivity contribution in [1.29, 1.82) is 0 Å². The van der Waals surface area contributed by atoms with Gasteiger partial charge in [-0.2, -0.15) is 0 Å². The molecule has 1 aromatic heterocycles. The summed E-state index contributed by atoms with van der Waals surface area (Å²) in [5.74, 6) is 0.796. The summed E-state index contributed by atoms with van der Waals surface area (Å²) in [6.07, 6.45) is 2.26. The quantitative estimate of drug-likeness (QED) is 0.151. The van der Waals surface area contributed by atoms with Gasteiger partial charge in [-0.1, -0.05) is 13.2 Å². The Hall–Kier alpha value is -3.82. The number of ether oxygens (including phenoxy) is 3. The zero-order chi connectivity index (χ0) is 30.6. The van der Waals surface area contributed by atoms with Crippen molar-refractivity contribution < 1.29 is 31.0 Å². The van der Waals surface area contributed by atoms with Gasteiger partial charge in [-0.05, 0) is 18.9 Å². The largest absolute Gasteiger partial charge is 0.495 e. The first-order valence-electron chi connectivity index (χ1n) is 12.3. The summed E-state index contributed by atoms with van der Waals surface area (Å²) in [5.41, 5.74) is 1.82. The summed E-state index contributed by atoms with van der Waals surface area (Å²) in [4.78, 5) is 8.66. The Morgan fingerprint density at radius 2 is 1.63 bits per heavy atom. The van der Waals surface area contributed by atoms with Crippen molar-refractivity contribution in [2.45, 2.75) is 18.2 Å². The molecule has 41 heavy (non-hydrogen) atoms. The van der Waals surface area contributed by atoms with E-state index < -0.39 is 19.7 Å². The van der Waals surface area contributed by atoms with Crippen LogP contribution < -0.4 is 20.1 Å². The number of methoxy groups -OCH3 is 3. The van der Waals surface area contributed by atoms with Gasteiger partial charge < -0.3 is 24.8 Å². The molecule has 224 valence electrons. The van der Waals surface area contributed by atoms with Crippen LogP contribution in [0.3, 0.4) is 0 Å². The average molecular weight is 609 g/mol. The smallest absolute Gasteiger partial charge is 0.203 e. The number of nitrogens with zero attached hydrogens (tertiary/aromatic N) is 4. The molecule has 1 aromatic carbocycles. The van der Waals surface area contributed by atoms with Gasteiger partial charge in [0.15, 0.2) is 15.7 Å². The second-order valence-corrected chi connectivity index (χ2v) is 12.3. The van der Waals surface area contributed by atoms with E-state index in [2.05, 4.69) is 44.0 Å². The molecule has 15 heteroatoms. The van der Waals surface area contributed by atoms with Crippen LogP contribution in [0.1, 0.15) is 17.5 Å². The first kappa shape index (κ1) is 33.4. The Kier molecular flexibility index (Phi) is 12.4. The average Bonchev–Trinajstić information content (AvgIpc) is 2.96. The van der Waals surface area contributed by atoms with Gasteiger partial charge in [0.2, 0.25) is 9.84 Å². The van der Waals surface area contributed by atoms with E-state index in [0.717, 1.165) is 10.8 Å². The van der Waals surface area contributed by atoms with Gasteiger partial charge in [-0.3, -0.25) is 4.99 Å². The predicted molar refractivity (Wildman–Crippen MR) is 161 cm³/mol. The minimum Gasteiger partial charge on any atom is -0.495 e. The van der Waals surface area contributed by atoms with Crippen LogP contribution >= 0.6 is 0 Å². The molecule has 0 aliphatic heterocycles. The van der Waals surface area contributed by atoms with E-state index in [1.807, 2.05) is 0 Å². The molecule has 13 nitrogen and oxygen atoms in total. The third-order valence-corrected chi connectivity index (χ3v) is 8.37. The fourth-order valence-electron chi connectivity index (χ4n) is 3.54. The van der Waals surface area contributed by atoms with Gasteiger partial charge >= 0.3 is 0 Å². The molecule has 0 amide bonds. The molecule has 1 heterocycles. The Balaban J connectivity index is 2.66. The molecule has 0 aliphatic rings. The SMILES string of the molecule is C=CS(=O)(=O)CCNc1nc(NCCCOC)c(N=Nc2cc(OC)c(S(=O)(=O)C=C)cc2OC)c(C)c1C=NC. The van der Waals surface area contributed by atoms with Gasteiger partial charge in [0.05, 0.1) is 20.0 Å². The molecule has 0 radical (unpaired) electrons. The Bertz CT molecular complexity index is 1520. The van der Waals surface area contributed by atoms with Crippen LogP contribution in [-0.2, 0) is 24.4 Å². The number of aliphatic imine (C=N–C) groups is 1. The molecular formula is C26H36N6O7S2. The lowest BCUT2D eigenvalue weighted by molar-refractivity contribution is 0.198. The van der Waals surface area contributed by atoms with Gasteiger partial charge in [-0.15, -0.1) is 10.2 Å². The van der Waals surface area contributed by atoms with Crippen molar-refractivity contribution in [2.75, 3.05) is 64.5 Å². The van der Waals surface area contributed by atoms with Gasteiger partial charge in [0.1, 0.15) is 33.6 Å². The van der Waals surface area contributed by atoms with Crippen molar-refractivity contribution in [1.82, 2.24) is 4.98 Å². The fourth-order valence-corrected chi connectivity index (χ4v) is 4.97. The molecule has 0 bridgehead atoms. The van der Waals surface area contributed by atoms with Gasteiger partial charge in [0, 0.05) is 68.6 Å². The zero-order valence-electron chi connectivity index (χ0n) is 23.8. The summed E-state index contributed by atoms with van der Waals surface area (Å²) in [7, 11) is -1.33. The maximum atomic E-state index is 12.5. The van der Waals surface area contributed by atoms with Crippen molar-refractivity contribution in [2.24, 2.45) is 15.2 Å². The van der Waals surface area contributed by atoms with Crippen LogP contribution in [0.5, 0.6) is 11.5 Å². The highest BCUT2D eigenvalue weighted by Crippen LogP contribution is 2.40. The summed E-state index contributed by atoms with van der Waals surface area (Å²) in [5, 5.41) is 16.8. The Labute approximate surface area is 241 Å². The number of sulfone groups is 2. The van der Waals surface area contributed by atoms with Crippen molar-refractivity contribution in [3.63, 3.8) is 0 Å². The lowest BCUT2D eigenvalue weighted by Crippen LogP contribution is -2.17. The third kappa shape index (κ3) is 8.83. The number of azo groups is 1. The minimum absolute atomic E-state index is 0.0419. The van der Waals surface area contributed by atoms with E-state index in [1.165, 1.54) is 26.4 Å². The maximum Gasteiger partial charge on any atom is 0.203 e. The molecule has 2 aromatic rings. The predicted octanol–water partition coefficient (Wildman–Crippen LogP) is 4.21. The highest BCUT2D eigenvalue weighted by Gasteiger charge is 2.21. The molecule has 0 unspecified atom stereocenters. The number of benzene rings is 1. The van der Waals surface area contributed by atoms with Crippen molar-refractivity contribution >= 4 is 48.9 Å². The van der Waals surface area contributed by atoms with Crippen LogP contribution in [-0.4, -0.2) is 81.9 Å². The lowest BCUT2D eigenvalue weighted by Gasteiger charge is -2.17. The van der Waals surface area contributed by atoms with Crippen LogP contribution in [0.15, 0.2) is 56.2 Å². The summed E-state index contributed by atoms with van der Waals surface area (Å²) in [6, 6.07) is 2.69. The summed E-state index contributed by atoms with van der Waals surface area (Å²) in [6.45, 7) is 9.61. The molecule has 0 aliphatic carbocycles. The second-order valence-electron chi connectivity index (χ2n) is 8.40. The van der Waals surface area contributed by atoms with Crippen LogP contribution in [0.2, 0.25) is 0 Å². The highest BCUT2D eigenvalue weighted by atomic mass is 32.2. The number of anilines is 2. The van der Waals surface area contributed by atoms with Crippen LogP contribution in [0, 0.1) is 6.92 Å². The van der Waals surface area contributed by atoms with Crippen LogP contribution in [0.25, 0.3) is 0 Å². The van der Waals surface area contributed by atoms with Crippen LogP contribution in [0.4, 0.5) is 23.0 Å². The normalized spacial score (nSPS) is 12.0. The molecular weight excluding hydrogens is 572 g/mol. The summed E-state index contributed by atoms with van der Waals surface area (Å²) < 4.78 is 64.5. The Morgan fingerprint density at radius 3 is 2.22 bits per heavy atom. The molecule has 0 saturated carbocycles. The standard InChI is InChI=1S/C26H36N6O7S2/c1-8-40(33,34)14-12-29-25-19(17-27-4)18(3)24(26(30-25)28-11-10-13-37-5)32-31-20-15-22(39-7)23(16-21(20)38-6)41(35,36)9-2/h8-9,15-17H,1-2,10-14H2,3-7H3,(H2,28,29,30). The molecule has 2 N–H and O–H groups in total. The molecule has 0 atom stereocenters. The highest BCUT2D eigenvalue weighted by molar-refractivity contribution is 7.94. The Morgan fingerprint density at radius 1 is 0.951 bits per heavy atom. The van der Waals surface area contributed by atoms with Gasteiger partial charge in [0.25, 0.3) is 0 Å². The zero-order valence-corrected chi connectivity index (χ0v) is 25.4. The second kappa shape index (κ2) is 15.3. The van der Waals surface area contributed by atoms with E-state index in [9.17, 15) is 16.8 Å². The van der Waals surface area contributed by atoms with E-state index in [-0.39, 0.29) is 34.4 Å². The number of aromatic nitrogens is 1. The molecule has 0 saturated heterocycles. The molecule has 0 fully saturated rings. The minimum atomic E-state index is -3.83. The van der Waals surface area contributed by atoms with Crippen molar-refractivity contribution in [3.8, 4) is 11.5 Å². The third-order valence-electron chi connectivity index (χ3n) is 5.72. The van der Waals surface area contributed by atoms with E-state index in [4.69, 9.17) is 14.2 Å². The first-order valence-corrected chi connectivity index (χ1v) is 15.6. The number of hydrogen-bond donors (Lipinski definition) is 2. The maximum absolute atomic E-state index is 12.5. The van der Waals surface area contributed by atoms with E-state index in [1.54, 1.807) is 27.3 Å². The summed E-state index contributed by atoms with van der Waals surface area (Å²) >= 11 is 0. The van der Waals surface area contributed by atoms with Crippen molar-refractivity contribution in [3.05, 3.63) is 47.2 Å². The van der Waals surface area contributed by atoms with Gasteiger partial charge in [-0.25, -0.2) is 21.8 Å². The van der Waals surface area contributed by atoms with E-state index >= 15 is 0 Å². The molecule has 0 spiro atoms. The number of hydrogen-bond acceptors (Lipinski definition) is 13. The number of pyridine rings is 1. The number of rotatable bonds is 17. The molecule has 2 rings (SSSR count).